The standard InChI is InChI=1S/C16H15NS/c1-11-6-7-15(14-5-3-2-4-13(11)14)16(17)12-8-9-18-10-12/h2-10,16H,17H2,1H3/t16-/m0/s1. The van der Waals surface area contributed by atoms with Crippen LogP contribution in [0.3, 0.4) is 0 Å². The third kappa shape index (κ3) is 1.84. The number of hydrogen-bond donors (Lipinski definition) is 1. The Morgan fingerprint density at radius 1 is 1.00 bits per heavy atom. The number of rotatable bonds is 2. The molecule has 1 aromatic heterocycles. The van der Waals surface area contributed by atoms with Gasteiger partial charge in [-0.3, -0.25) is 0 Å². The predicted octanol–water partition coefficient (Wildman–Crippen LogP) is 4.26. The number of benzene rings is 2. The van der Waals surface area contributed by atoms with Crippen LogP contribution in [-0.2, 0) is 0 Å². The van der Waals surface area contributed by atoms with Crippen LogP contribution in [0.4, 0.5) is 0 Å². The lowest BCUT2D eigenvalue weighted by Gasteiger charge is -2.15. The molecule has 0 amide bonds. The molecule has 1 nitrogen and oxygen atoms in total. The summed E-state index contributed by atoms with van der Waals surface area (Å²) >= 11 is 1.69. The van der Waals surface area contributed by atoms with Crippen molar-refractivity contribution in [3.05, 3.63) is 69.9 Å². The highest BCUT2D eigenvalue weighted by Gasteiger charge is 2.12. The van der Waals surface area contributed by atoms with Crippen LogP contribution < -0.4 is 5.73 Å². The summed E-state index contributed by atoms with van der Waals surface area (Å²) in [5.41, 5.74) is 10.1. The molecule has 0 unspecified atom stereocenters. The van der Waals surface area contributed by atoms with Crippen molar-refractivity contribution in [3.63, 3.8) is 0 Å². The Balaban J connectivity index is 2.21. The van der Waals surface area contributed by atoms with Crippen molar-refractivity contribution >= 4 is 22.1 Å². The van der Waals surface area contributed by atoms with Gasteiger partial charge in [0.25, 0.3) is 0 Å². The lowest BCUT2D eigenvalue weighted by molar-refractivity contribution is 0.886. The zero-order chi connectivity index (χ0) is 12.5. The Morgan fingerprint density at radius 3 is 2.50 bits per heavy atom. The molecule has 0 spiro atoms. The summed E-state index contributed by atoms with van der Waals surface area (Å²) in [6, 6.07) is 14.8. The Kier molecular flexibility index (Phi) is 2.90. The van der Waals surface area contributed by atoms with Gasteiger partial charge in [-0.1, -0.05) is 36.4 Å². The quantitative estimate of drug-likeness (QED) is 0.725. The van der Waals surface area contributed by atoms with Crippen LogP contribution in [0.25, 0.3) is 10.8 Å². The number of aryl methyl sites for hydroxylation is 1. The predicted molar refractivity (Wildman–Crippen MR) is 79.0 cm³/mol. The van der Waals surface area contributed by atoms with E-state index >= 15 is 0 Å². The van der Waals surface area contributed by atoms with Crippen LogP contribution in [0.5, 0.6) is 0 Å². The maximum atomic E-state index is 6.38. The first-order valence-corrected chi connectivity index (χ1v) is 6.97. The van der Waals surface area contributed by atoms with Gasteiger partial charge in [-0.15, -0.1) is 0 Å². The molecule has 0 aliphatic heterocycles. The molecule has 0 saturated heterocycles. The van der Waals surface area contributed by atoms with Crippen molar-refractivity contribution in [2.75, 3.05) is 0 Å². The third-order valence-electron chi connectivity index (χ3n) is 3.41. The Morgan fingerprint density at radius 2 is 1.78 bits per heavy atom. The molecule has 2 N–H and O–H groups in total. The van der Waals surface area contributed by atoms with Crippen LogP contribution >= 0.6 is 11.3 Å². The average molecular weight is 253 g/mol. The first-order chi connectivity index (χ1) is 8.77. The molecule has 0 fully saturated rings. The summed E-state index contributed by atoms with van der Waals surface area (Å²) in [4.78, 5) is 0. The molecule has 90 valence electrons. The molecule has 0 aliphatic rings. The van der Waals surface area contributed by atoms with Crippen molar-refractivity contribution < 1.29 is 0 Å². The molecule has 2 aromatic carbocycles. The van der Waals surface area contributed by atoms with Crippen molar-refractivity contribution in [1.82, 2.24) is 0 Å². The third-order valence-corrected chi connectivity index (χ3v) is 4.11. The zero-order valence-electron chi connectivity index (χ0n) is 10.3. The Labute approximate surface area is 111 Å². The van der Waals surface area contributed by atoms with E-state index in [4.69, 9.17) is 5.73 Å². The second-order valence-corrected chi connectivity index (χ2v) is 5.33. The largest absolute Gasteiger partial charge is 0.320 e. The van der Waals surface area contributed by atoms with E-state index in [-0.39, 0.29) is 6.04 Å². The van der Waals surface area contributed by atoms with Gasteiger partial charge in [0.15, 0.2) is 0 Å². The molecule has 1 heterocycles. The van der Waals surface area contributed by atoms with Gasteiger partial charge in [0.1, 0.15) is 0 Å². The molecule has 0 radical (unpaired) electrons. The first kappa shape index (κ1) is 11.5. The lowest BCUT2D eigenvalue weighted by atomic mass is 9.94. The summed E-state index contributed by atoms with van der Waals surface area (Å²) in [5, 5.41) is 6.75. The highest BCUT2D eigenvalue weighted by molar-refractivity contribution is 7.08. The summed E-state index contributed by atoms with van der Waals surface area (Å²) < 4.78 is 0. The van der Waals surface area contributed by atoms with Gasteiger partial charge in [0, 0.05) is 0 Å². The van der Waals surface area contributed by atoms with Crippen molar-refractivity contribution in [3.8, 4) is 0 Å². The minimum Gasteiger partial charge on any atom is -0.320 e. The van der Waals surface area contributed by atoms with Crippen molar-refractivity contribution in [1.29, 1.82) is 0 Å². The maximum absolute atomic E-state index is 6.38. The fraction of sp³-hybridized carbons (Fsp3) is 0.125. The topological polar surface area (TPSA) is 26.0 Å². The molecule has 3 rings (SSSR count). The molecule has 0 aliphatic carbocycles. The van der Waals surface area contributed by atoms with E-state index in [0.29, 0.717) is 0 Å². The van der Waals surface area contributed by atoms with Crippen LogP contribution in [0, 0.1) is 6.92 Å². The second kappa shape index (κ2) is 4.56. The Hall–Kier alpha value is -1.64. The fourth-order valence-corrected chi connectivity index (χ4v) is 3.07. The minimum absolute atomic E-state index is 0.0400. The van der Waals surface area contributed by atoms with Crippen LogP contribution in [0.15, 0.2) is 53.2 Å². The smallest absolute Gasteiger partial charge is 0.0566 e. The van der Waals surface area contributed by atoms with Crippen molar-refractivity contribution in [2.45, 2.75) is 13.0 Å². The minimum atomic E-state index is -0.0400. The van der Waals surface area contributed by atoms with Crippen molar-refractivity contribution in [2.24, 2.45) is 5.73 Å². The highest BCUT2D eigenvalue weighted by atomic mass is 32.1. The van der Waals surface area contributed by atoms with Crippen LogP contribution in [-0.4, -0.2) is 0 Å². The molecular weight excluding hydrogens is 238 g/mol. The van der Waals surface area contributed by atoms with E-state index < -0.39 is 0 Å². The maximum Gasteiger partial charge on any atom is 0.0566 e. The number of nitrogens with two attached hydrogens (primary N) is 1. The normalized spacial score (nSPS) is 12.8. The van der Waals surface area contributed by atoms with Gasteiger partial charge < -0.3 is 5.73 Å². The van der Waals surface area contributed by atoms with E-state index in [1.54, 1.807) is 11.3 Å². The Bertz CT molecular complexity index is 671. The highest BCUT2D eigenvalue weighted by Crippen LogP contribution is 2.29. The second-order valence-electron chi connectivity index (χ2n) is 4.55. The monoisotopic (exact) mass is 253 g/mol. The van der Waals surface area contributed by atoms with E-state index in [0.717, 1.165) is 0 Å². The molecule has 0 saturated carbocycles. The number of thiophene rings is 1. The molecule has 2 heteroatoms. The van der Waals surface area contributed by atoms with E-state index in [1.807, 2.05) is 0 Å². The molecule has 1 atom stereocenters. The molecular formula is C16H15NS. The van der Waals surface area contributed by atoms with Gasteiger partial charge >= 0.3 is 0 Å². The van der Waals surface area contributed by atoms with Gasteiger partial charge in [0.2, 0.25) is 0 Å². The van der Waals surface area contributed by atoms with Gasteiger partial charge in [-0.25, -0.2) is 0 Å². The van der Waals surface area contributed by atoms with Gasteiger partial charge in [-0.2, -0.15) is 11.3 Å². The van der Waals surface area contributed by atoms with Gasteiger partial charge in [0.05, 0.1) is 6.04 Å². The SMILES string of the molecule is Cc1ccc([C@@H](N)c2ccsc2)c2ccccc12. The fourth-order valence-electron chi connectivity index (χ4n) is 2.38. The zero-order valence-corrected chi connectivity index (χ0v) is 11.1. The summed E-state index contributed by atoms with van der Waals surface area (Å²) in [7, 11) is 0. The average Bonchev–Trinajstić information content (AvgIpc) is 2.93. The van der Waals surface area contributed by atoms with Crippen LogP contribution in [0.1, 0.15) is 22.7 Å². The van der Waals surface area contributed by atoms with E-state index in [1.165, 1.54) is 27.5 Å². The number of hydrogen-bond acceptors (Lipinski definition) is 2. The molecule has 18 heavy (non-hydrogen) atoms. The van der Waals surface area contributed by atoms with E-state index in [2.05, 4.69) is 60.1 Å². The van der Waals surface area contributed by atoms with E-state index in [9.17, 15) is 0 Å². The first-order valence-electron chi connectivity index (χ1n) is 6.03. The number of fused-ring (bicyclic) bond motifs is 1. The summed E-state index contributed by atoms with van der Waals surface area (Å²) in [6.45, 7) is 2.14. The van der Waals surface area contributed by atoms with Crippen LogP contribution in [0.2, 0.25) is 0 Å². The molecule has 3 aromatic rings. The summed E-state index contributed by atoms with van der Waals surface area (Å²) in [6.07, 6.45) is 0. The molecule has 0 bridgehead atoms. The lowest BCUT2D eigenvalue weighted by Crippen LogP contribution is -2.11. The van der Waals surface area contributed by atoms with Gasteiger partial charge in [-0.05, 0) is 51.2 Å². The summed E-state index contributed by atoms with van der Waals surface area (Å²) in [5.74, 6) is 0.